The summed E-state index contributed by atoms with van der Waals surface area (Å²) >= 11 is 5.95. The summed E-state index contributed by atoms with van der Waals surface area (Å²) in [5, 5.41) is 11.2. The Morgan fingerprint density at radius 3 is 2.65 bits per heavy atom. The predicted octanol–water partition coefficient (Wildman–Crippen LogP) is 1.64. The number of rotatable bonds is 6. The van der Waals surface area contributed by atoms with Crippen LogP contribution in [0.4, 0.5) is 0 Å². The molecule has 20 heavy (non-hydrogen) atoms. The second-order valence-electron chi connectivity index (χ2n) is 4.39. The molecule has 0 radical (unpaired) electrons. The smallest absolute Gasteiger partial charge is 0.171 e. The molecule has 0 bridgehead atoms. The average Bonchev–Trinajstić information content (AvgIpc) is 2.37. The molecule has 3 N–H and O–H groups in total. The molecule has 1 rings (SSSR count). The van der Waals surface area contributed by atoms with Gasteiger partial charge in [-0.1, -0.05) is 16.8 Å². The van der Waals surface area contributed by atoms with Gasteiger partial charge in [0.05, 0.1) is 16.0 Å². The molecule has 0 fully saturated rings. The number of ether oxygens (including phenoxy) is 1. The molecule has 0 atom stereocenters. The number of hydrogen-bond donors (Lipinski definition) is 2. The first-order chi connectivity index (χ1) is 9.27. The summed E-state index contributed by atoms with van der Waals surface area (Å²) in [6, 6.07) is 4.59. The van der Waals surface area contributed by atoms with Gasteiger partial charge < -0.3 is 15.7 Å². The SMILES string of the molecule is CC(C)S(=O)(=O)CCOc1ccc(/C(N)=N/O)c(Cl)c1. The minimum absolute atomic E-state index is 0.0414. The van der Waals surface area contributed by atoms with Crippen molar-refractivity contribution >= 4 is 27.3 Å². The Hall–Kier alpha value is -1.47. The van der Waals surface area contributed by atoms with E-state index in [0.717, 1.165) is 0 Å². The maximum Gasteiger partial charge on any atom is 0.171 e. The Bertz CT molecular complexity index is 599. The molecule has 0 aliphatic heterocycles. The number of sulfone groups is 1. The van der Waals surface area contributed by atoms with Gasteiger partial charge in [0.2, 0.25) is 0 Å². The van der Waals surface area contributed by atoms with Gasteiger partial charge in [-0.25, -0.2) is 8.42 Å². The van der Waals surface area contributed by atoms with E-state index in [2.05, 4.69) is 5.16 Å². The van der Waals surface area contributed by atoms with E-state index in [1.165, 1.54) is 12.1 Å². The van der Waals surface area contributed by atoms with Crippen molar-refractivity contribution in [3.63, 3.8) is 0 Å². The molecule has 6 nitrogen and oxygen atoms in total. The molecular weight excluding hydrogens is 304 g/mol. The summed E-state index contributed by atoms with van der Waals surface area (Å²) in [5.41, 5.74) is 5.80. The van der Waals surface area contributed by atoms with E-state index in [1.807, 2.05) is 0 Å². The molecule has 0 aliphatic rings. The van der Waals surface area contributed by atoms with E-state index in [9.17, 15) is 8.42 Å². The molecule has 112 valence electrons. The fourth-order valence-electron chi connectivity index (χ4n) is 1.36. The molecule has 0 saturated heterocycles. The largest absolute Gasteiger partial charge is 0.492 e. The van der Waals surface area contributed by atoms with Gasteiger partial charge in [-0.05, 0) is 32.0 Å². The number of benzene rings is 1. The molecule has 8 heteroatoms. The number of halogens is 1. The van der Waals surface area contributed by atoms with Gasteiger partial charge >= 0.3 is 0 Å². The Kier molecular flexibility index (Phi) is 5.64. The first-order valence-corrected chi connectivity index (χ1v) is 7.99. The van der Waals surface area contributed by atoms with Gasteiger partial charge in [0.25, 0.3) is 0 Å². The Balaban J connectivity index is 2.70. The zero-order chi connectivity index (χ0) is 15.3. The summed E-state index contributed by atoms with van der Waals surface area (Å²) in [5.74, 6) is 0.247. The molecule has 0 amide bonds. The van der Waals surface area contributed by atoms with Crippen molar-refractivity contribution in [3.05, 3.63) is 28.8 Å². The Labute approximate surface area is 123 Å². The highest BCUT2D eigenvalue weighted by Crippen LogP contribution is 2.22. The van der Waals surface area contributed by atoms with Gasteiger partial charge in [-0.3, -0.25) is 0 Å². The van der Waals surface area contributed by atoms with Crippen molar-refractivity contribution in [1.82, 2.24) is 0 Å². The molecule has 1 aromatic rings. The number of hydrogen-bond acceptors (Lipinski definition) is 5. The summed E-state index contributed by atoms with van der Waals surface area (Å²) in [6.45, 7) is 3.29. The molecule has 1 aromatic carbocycles. The van der Waals surface area contributed by atoms with E-state index in [1.54, 1.807) is 19.9 Å². The summed E-state index contributed by atoms with van der Waals surface area (Å²) < 4.78 is 28.5. The van der Waals surface area contributed by atoms with Crippen molar-refractivity contribution in [2.45, 2.75) is 19.1 Å². The van der Waals surface area contributed by atoms with Crippen LogP contribution >= 0.6 is 11.6 Å². The Morgan fingerprint density at radius 1 is 1.50 bits per heavy atom. The topological polar surface area (TPSA) is 102 Å². The highest BCUT2D eigenvalue weighted by Gasteiger charge is 2.16. The van der Waals surface area contributed by atoms with Crippen LogP contribution in [0.15, 0.2) is 23.4 Å². The lowest BCUT2D eigenvalue weighted by molar-refractivity contribution is 0.318. The lowest BCUT2D eigenvalue weighted by Crippen LogP contribution is -2.22. The fourth-order valence-corrected chi connectivity index (χ4v) is 2.41. The standard InChI is InChI=1S/C12H17ClN2O4S/c1-8(2)20(17,18)6-5-19-9-3-4-10(11(13)7-9)12(14)15-16/h3-4,7-8,16H,5-6H2,1-2H3,(H2,14,15). The number of amidine groups is 1. The second-order valence-corrected chi connectivity index (χ2v) is 7.48. The van der Waals surface area contributed by atoms with Crippen LogP contribution < -0.4 is 10.5 Å². The lowest BCUT2D eigenvalue weighted by Gasteiger charge is -2.10. The zero-order valence-electron chi connectivity index (χ0n) is 11.2. The fraction of sp³-hybridized carbons (Fsp3) is 0.417. The first-order valence-electron chi connectivity index (χ1n) is 5.89. The third-order valence-corrected chi connectivity index (χ3v) is 5.16. The molecule has 0 unspecified atom stereocenters. The first kappa shape index (κ1) is 16.6. The second kappa shape index (κ2) is 6.81. The third-order valence-electron chi connectivity index (χ3n) is 2.68. The molecular formula is C12H17ClN2O4S. The average molecular weight is 321 g/mol. The normalized spacial score (nSPS) is 12.7. The van der Waals surface area contributed by atoms with E-state index < -0.39 is 15.1 Å². The van der Waals surface area contributed by atoms with Crippen molar-refractivity contribution < 1.29 is 18.4 Å². The molecule has 0 saturated carbocycles. The monoisotopic (exact) mass is 320 g/mol. The summed E-state index contributed by atoms with van der Waals surface area (Å²) in [6.07, 6.45) is 0. The highest BCUT2D eigenvalue weighted by molar-refractivity contribution is 7.91. The van der Waals surface area contributed by atoms with Crippen molar-refractivity contribution in [2.24, 2.45) is 10.9 Å². The van der Waals surface area contributed by atoms with Crippen LogP contribution in [-0.2, 0) is 9.84 Å². The quantitative estimate of drug-likeness (QED) is 0.359. The maximum absolute atomic E-state index is 11.6. The van der Waals surface area contributed by atoms with Gasteiger partial charge in [0.1, 0.15) is 12.4 Å². The predicted molar refractivity (Wildman–Crippen MR) is 78.4 cm³/mol. The number of nitrogens with two attached hydrogens (primary N) is 1. The van der Waals surface area contributed by atoms with Gasteiger partial charge in [-0.15, -0.1) is 0 Å². The Morgan fingerprint density at radius 2 is 2.15 bits per heavy atom. The van der Waals surface area contributed by atoms with Gasteiger partial charge in [0, 0.05) is 5.56 Å². The third kappa shape index (κ3) is 4.28. The van der Waals surface area contributed by atoms with Crippen LogP contribution in [0.5, 0.6) is 5.75 Å². The minimum atomic E-state index is -3.13. The summed E-state index contributed by atoms with van der Waals surface area (Å²) in [7, 11) is -3.13. The van der Waals surface area contributed by atoms with E-state index in [-0.39, 0.29) is 23.2 Å². The minimum Gasteiger partial charge on any atom is -0.492 e. The van der Waals surface area contributed by atoms with Crippen molar-refractivity contribution in [2.75, 3.05) is 12.4 Å². The van der Waals surface area contributed by atoms with Crippen LogP contribution in [0.2, 0.25) is 5.02 Å². The van der Waals surface area contributed by atoms with Crippen LogP contribution in [0.25, 0.3) is 0 Å². The summed E-state index contributed by atoms with van der Waals surface area (Å²) in [4.78, 5) is 0. The zero-order valence-corrected chi connectivity index (χ0v) is 12.8. The van der Waals surface area contributed by atoms with Crippen LogP contribution in [0.3, 0.4) is 0 Å². The van der Waals surface area contributed by atoms with Crippen LogP contribution in [-0.4, -0.2) is 37.1 Å². The van der Waals surface area contributed by atoms with E-state index >= 15 is 0 Å². The maximum atomic E-state index is 11.6. The van der Waals surface area contributed by atoms with Crippen LogP contribution in [0.1, 0.15) is 19.4 Å². The molecule has 0 aromatic heterocycles. The van der Waals surface area contributed by atoms with E-state index in [4.69, 9.17) is 27.3 Å². The number of oxime groups is 1. The molecule has 0 spiro atoms. The van der Waals surface area contributed by atoms with Crippen LogP contribution in [0, 0.1) is 0 Å². The van der Waals surface area contributed by atoms with Gasteiger partial charge in [0.15, 0.2) is 15.7 Å². The molecule has 0 aliphatic carbocycles. The highest BCUT2D eigenvalue weighted by atomic mass is 35.5. The van der Waals surface area contributed by atoms with E-state index in [0.29, 0.717) is 11.3 Å². The van der Waals surface area contributed by atoms with Crippen molar-refractivity contribution in [1.29, 1.82) is 0 Å². The number of nitrogens with zero attached hydrogens (tertiary/aromatic N) is 1. The van der Waals surface area contributed by atoms with Gasteiger partial charge in [-0.2, -0.15) is 0 Å². The lowest BCUT2D eigenvalue weighted by atomic mass is 10.2. The van der Waals surface area contributed by atoms with Crippen molar-refractivity contribution in [3.8, 4) is 5.75 Å². The molecule has 0 heterocycles.